The molecule has 0 amide bonds. The molecule has 4 aliphatic rings. The molecule has 3 atom stereocenters. The Morgan fingerprint density at radius 3 is 2.71 bits per heavy atom. The minimum atomic E-state index is -0.512. The minimum Gasteiger partial charge on any atom is -0.466 e. The van der Waals surface area contributed by atoms with E-state index in [2.05, 4.69) is 18.2 Å². The van der Waals surface area contributed by atoms with Crippen LogP contribution in [-0.4, -0.2) is 31.6 Å². The molecule has 1 saturated heterocycles. The van der Waals surface area contributed by atoms with Crippen molar-refractivity contribution >= 4 is 5.97 Å². The van der Waals surface area contributed by atoms with Crippen molar-refractivity contribution in [1.82, 2.24) is 0 Å². The van der Waals surface area contributed by atoms with E-state index in [1.54, 1.807) is 0 Å². The van der Waals surface area contributed by atoms with Gasteiger partial charge in [0.1, 0.15) is 0 Å². The van der Waals surface area contributed by atoms with E-state index in [9.17, 15) is 4.79 Å². The molecule has 0 N–H and O–H groups in total. The summed E-state index contributed by atoms with van der Waals surface area (Å²) >= 11 is 0. The van der Waals surface area contributed by atoms with Crippen LogP contribution in [0.4, 0.5) is 0 Å². The van der Waals surface area contributed by atoms with Crippen LogP contribution in [0.15, 0.2) is 24.3 Å². The lowest BCUT2D eigenvalue weighted by molar-refractivity contribution is -0.210. The molecule has 3 aliphatic carbocycles. The maximum atomic E-state index is 12.3. The van der Waals surface area contributed by atoms with Crippen molar-refractivity contribution in [3.8, 4) is 0 Å². The second kappa shape index (κ2) is 4.82. The minimum absolute atomic E-state index is 0.0664. The van der Waals surface area contributed by atoms with Gasteiger partial charge in [-0.15, -0.1) is 0 Å². The lowest BCUT2D eigenvalue weighted by atomic mass is 9.59. The number of esters is 1. The monoisotopic (exact) mass is 288 g/mol. The van der Waals surface area contributed by atoms with Gasteiger partial charge in [-0.05, 0) is 24.5 Å². The Morgan fingerprint density at radius 2 is 2.00 bits per heavy atom. The summed E-state index contributed by atoms with van der Waals surface area (Å²) in [5.74, 6) is -0.376. The lowest BCUT2D eigenvalue weighted by Crippen LogP contribution is -2.51. The van der Waals surface area contributed by atoms with Crippen molar-refractivity contribution < 1.29 is 19.0 Å². The molecular formula is C17H20O4. The van der Waals surface area contributed by atoms with Crippen molar-refractivity contribution in [2.75, 3.05) is 19.8 Å². The van der Waals surface area contributed by atoms with E-state index in [0.717, 1.165) is 12.8 Å². The van der Waals surface area contributed by atoms with E-state index in [1.165, 1.54) is 11.1 Å². The number of ether oxygens (including phenoxy) is 3. The number of fused-ring (bicyclic) bond motifs is 1. The maximum Gasteiger partial charge on any atom is 0.309 e. The van der Waals surface area contributed by atoms with Gasteiger partial charge in [-0.2, -0.15) is 0 Å². The molecule has 4 nitrogen and oxygen atoms in total. The smallest absolute Gasteiger partial charge is 0.309 e. The second-order valence-electron chi connectivity index (χ2n) is 6.10. The molecule has 0 unspecified atom stereocenters. The first kappa shape index (κ1) is 13.3. The highest BCUT2D eigenvalue weighted by molar-refractivity contribution is 5.75. The number of hydrogen-bond acceptors (Lipinski definition) is 4. The third kappa shape index (κ3) is 1.86. The summed E-state index contributed by atoms with van der Waals surface area (Å²) in [6.07, 6.45) is 1.53. The average molecular weight is 288 g/mol. The zero-order chi connectivity index (χ0) is 14.4. The molecule has 1 heterocycles. The molecule has 112 valence electrons. The zero-order valence-electron chi connectivity index (χ0n) is 12.2. The molecule has 0 aromatic heterocycles. The van der Waals surface area contributed by atoms with Gasteiger partial charge in [0.15, 0.2) is 5.79 Å². The van der Waals surface area contributed by atoms with Gasteiger partial charge in [0.05, 0.1) is 25.7 Å². The summed E-state index contributed by atoms with van der Waals surface area (Å²) in [7, 11) is 0. The Morgan fingerprint density at radius 1 is 1.29 bits per heavy atom. The summed E-state index contributed by atoms with van der Waals surface area (Å²) in [6.45, 7) is 3.59. The van der Waals surface area contributed by atoms with Crippen LogP contribution in [0.3, 0.4) is 0 Å². The Hall–Kier alpha value is -1.39. The summed E-state index contributed by atoms with van der Waals surface area (Å²) in [4.78, 5) is 12.3. The molecule has 1 aliphatic heterocycles. The quantitative estimate of drug-likeness (QED) is 0.785. The molecular weight excluding hydrogens is 268 g/mol. The lowest BCUT2D eigenvalue weighted by Gasteiger charge is -2.51. The fourth-order valence-corrected chi connectivity index (χ4v) is 4.34. The van der Waals surface area contributed by atoms with Crippen LogP contribution in [0.25, 0.3) is 0 Å². The highest BCUT2D eigenvalue weighted by atomic mass is 16.7. The zero-order valence-corrected chi connectivity index (χ0v) is 12.2. The van der Waals surface area contributed by atoms with Crippen molar-refractivity contribution in [3.05, 3.63) is 35.4 Å². The molecule has 1 aromatic rings. The molecule has 4 heteroatoms. The first-order valence-electron chi connectivity index (χ1n) is 7.78. The normalized spacial score (nSPS) is 32.1. The van der Waals surface area contributed by atoms with Gasteiger partial charge in [-0.3, -0.25) is 4.79 Å². The third-order valence-corrected chi connectivity index (χ3v) is 5.15. The van der Waals surface area contributed by atoms with Gasteiger partial charge >= 0.3 is 5.97 Å². The van der Waals surface area contributed by atoms with Crippen molar-refractivity contribution in [2.45, 2.75) is 37.4 Å². The van der Waals surface area contributed by atoms with E-state index in [0.29, 0.717) is 19.8 Å². The number of carbonyl (C=O) groups excluding carboxylic acids is 1. The maximum absolute atomic E-state index is 12.3. The number of carbonyl (C=O) groups is 1. The van der Waals surface area contributed by atoms with Crippen molar-refractivity contribution in [1.29, 1.82) is 0 Å². The Labute approximate surface area is 124 Å². The van der Waals surface area contributed by atoms with Crippen LogP contribution >= 0.6 is 0 Å². The second-order valence-corrected chi connectivity index (χ2v) is 6.10. The van der Waals surface area contributed by atoms with Gasteiger partial charge in [-0.25, -0.2) is 0 Å². The van der Waals surface area contributed by atoms with Crippen LogP contribution in [0.5, 0.6) is 0 Å². The van der Waals surface area contributed by atoms with E-state index >= 15 is 0 Å². The van der Waals surface area contributed by atoms with Crippen LogP contribution in [-0.2, 0) is 19.0 Å². The predicted octanol–water partition coefficient (Wildman–Crippen LogP) is 2.58. The van der Waals surface area contributed by atoms with Gasteiger partial charge < -0.3 is 14.2 Å². The van der Waals surface area contributed by atoms with Crippen LogP contribution in [0, 0.1) is 5.92 Å². The first-order chi connectivity index (χ1) is 10.2. The van der Waals surface area contributed by atoms with Crippen LogP contribution in [0.2, 0.25) is 0 Å². The first-order valence-corrected chi connectivity index (χ1v) is 7.78. The molecule has 21 heavy (non-hydrogen) atoms. The fraction of sp³-hybridized carbons (Fsp3) is 0.588. The number of rotatable bonds is 2. The predicted molar refractivity (Wildman–Crippen MR) is 75.9 cm³/mol. The molecule has 1 spiro atoms. The van der Waals surface area contributed by atoms with Gasteiger partial charge in [0, 0.05) is 18.3 Å². The van der Waals surface area contributed by atoms with Crippen LogP contribution in [0.1, 0.15) is 42.7 Å². The summed E-state index contributed by atoms with van der Waals surface area (Å²) in [5.41, 5.74) is 2.56. The van der Waals surface area contributed by atoms with E-state index < -0.39 is 5.79 Å². The molecule has 1 saturated carbocycles. The molecule has 5 rings (SSSR count). The Bertz CT molecular complexity index is 562. The van der Waals surface area contributed by atoms with E-state index in [4.69, 9.17) is 14.2 Å². The number of hydrogen-bond donors (Lipinski definition) is 0. The SMILES string of the molecule is CCOC(=O)[C@H]1C[C@H]2c3ccccc3[C@@H]1CC21OCCO1. The largest absolute Gasteiger partial charge is 0.466 e. The number of benzene rings is 1. The summed E-state index contributed by atoms with van der Waals surface area (Å²) < 4.78 is 17.3. The van der Waals surface area contributed by atoms with E-state index in [1.807, 2.05) is 13.0 Å². The summed E-state index contributed by atoms with van der Waals surface area (Å²) in [5, 5.41) is 0. The topological polar surface area (TPSA) is 44.8 Å². The molecule has 2 fully saturated rings. The third-order valence-electron chi connectivity index (χ3n) is 5.15. The standard InChI is InChI=1S/C17H20O4/c1-2-19-16(18)13-9-15-12-6-4-3-5-11(12)14(13)10-17(15)20-7-8-21-17/h3-6,13-15H,2,7-10H2,1H3/t13-,14-,15-/m0/s1. The Balaban J connectivity index is 1.75. The van der Waals surface area contributed by atoms with Crippen molar-refractivity contribution in [3.63, 3.8) is 0 Å². The van der Waals surface area contributed by atoms with E-state index in [-0.39, 0.29) is 23.7 Å². The molecule has 0 radical (unpaired) electrons. The van der Waals surface area contributed by atoms with Gasteiger partial charge in [0.2, 0.25) is 0 Å². The fourth-order valence-electron chi connectivity index (χ4n) is 4.34. The highest BCUT2D eigenvalue weighted by Gasteiger charge is 2.58. The molecule has 2 bridgehead atoms. The van der Waals surface area contributed by atoms with Gasteiger partial charge in [0.25, 0.3) is 0 Å². The summed E-state index contributed by atoms with van der Waals surface area (Å²) in [6, 6.07) is 8.40. The average Bonchev–Trinajstić information content (AvgIpc) is 2.96. The van der Waals surface area contributed by atoms with Crippen LogP contribution < -0.4 is 0 Å². The highest BCUT2D eigenvalue weighted by Crippen LogP contribution is 2.59. The van der Waals surface area contributed by atoms with Gasteiger partial charge in [-0.1, -0.05) is 24.3 Å². The molecule has 1 aromatic carbocycles. The Kier molecular flexibility index (Phi) is 3.05. The van der Waals surface area contributed by atoms with Crippen molar-refractivity contribution in [2.24, 2.45) is 5.92 Å².